The Balaban J connectivity index is 1.51. The summed E-state index contributed by atoms with van der Waals surface area (Å²) in [6.07, 6.45) is 5.71. The van der Waals surface area contributed by atoms with E-state index in [9.17, 15) is 18.0 Å². The van der Waals surface area contributed by atoms with Crippen molar-refractivity contribution in [3.05, 3.63) is 108 Å². The fourth-order valence-electron chi connectivity index (χ4n) is 3.64. The summed E-state index contributed by atoms with van der Waals surface area (Å²) in [4.78, 5) is 23.6. The molecule has 1 aromatic heterocycles. The van der Waals surface area contributed by atoms with Gasteiger partial charge in [0.15, 0.2) is 0 Å². The van der Waals surface area contributed by atoms with Crippen LogP contribution in [0.5, 0.6) is 0 Å². The van der Waals surface area contributed by atoms with Gasteiger partial charge in [-0.15, -0.1) is 0 Å². The van der Waals surface area contributed by atoms with Crippen LogP contribution in [-0.2, 0) is 26.2 Å². The SMILES string of the molecule is CC(=O)NCc1cccc(-c2cccc(S(=O)(=O)n3ccc(C=CC(=O)Nc4ccccc4N)c3)c2)c1. The number of benzene rings is 3. The van der Waals surface area contributed by atoms with Crippen LogP contribution in [0.25, 0.3) is 17.2 Å². The molecule has 4 aromatic rings. The van der Waals surface area contributed by atoms with E-state index in [-0.39, 0.29) is 16.7 Å². The quantitative estimate of drug-likeness (QED) is 0.239. The molecule has 4 N–H and O–H groups in total. The zero-order valence-electron chi connectivity index (χ0n) is 20.1. The van der Waals surface area contributed by atoms with Gasteiger partial charge in [0.2, 0.25) is 11.8 Å². The lowest BCUT2D eigenvalue weighted by Crippen LogP contribution is -2.18. The van der Waals surface area contributed by atoms with Crippen molar-refractivity contribution in [3.63, 3.8) is 0 Å². The molecule has 2 amide bonds. The summed E-state index contributed by atoms with van der Waals surface area (Å²) < 4.78 is 27.7. The van der Waals surface area contributed by atoms with Crippen LogP contribution in [0.4, 0.5) is 11.4 Å². The van der Waals surface area contributed by atoms with Crippen molar-refractivity contribution in [1.82, 2.24) is 9.29 Å². The average molecular weight is 515 g/mol. The molecule has 1 heterocycles. The van der Waals surface area contributed by atoms with E-state index in [2.05, 4.69) is 10.6 Å². The van der Waals surface area contributed by atoms with Gasteiger partial charge >= 0.3 is 0 Å². The molecule has 4 rings (SSSR count). The highest BCUT2D eigenvalue weighted by Crippen LogP contribution is 2.25. The van der Waals surface area contributed by atoms with Gasteiger partial charge in [0.1, 0.15) is 0 Å². The van der Waals surface area contributed by atoms with E-state index in [4.69, 9.17) is 5.73 Å². The van der Waals surface area contributed by atoms with Crippen LogP contribution >= 0.6 is 0 Å². The zero-order valence-corrected chi connectivity index (χ0v) is 20.9. The van der Waals surface area contributed by atoms with E-state index in [0.29, 0.717) is 23.5 Å². The molecule has 0 bridgehead atoms. The highest BCUT2D eigenvalue weighted by molar-refractivity contribution is 7.90. The number of aromatic nitrogens is 1. The molecule has 0 saturated heterocycles. The number of nitrogen functional groups attached to an aromatic ring is 1. The van der Waals surface area contributed by atoms with Gasteiger partial charge in [-0.25, -0.2) is 12.4 Å². The van der Waals surface area contributed by atoms with Gasteiger partial charge < -0.3 is 16.4 Å². The predicted octanol–water partition coefficient (Wildman–Crippen LogP) is 4.26. The summed E-state index contributed by atoms with van der Waals surface area (Å²) >= 11 is 0. The third kappa shape index (κ3) is 6.33. The minimum absolute atomic E-state index is 0.124. The Morgan fingerprint density at radius 3 is 2.43 bits per heavy atom. The summed E-state index contributed by atoms with van der Waals surface area (Å²) in [6.45, 7) is 1.84. The van der Waals surface area contributed by atoms with Crippen LogP contribution < -0.4 is 16.4 Å². The topological polar surface area (TPSA) is 123 Å². The molecule has 0 aliphatic heterocycles. The smallest absolute Gasteiger partial charge is 0.267 e. The van der Waals surface area contributed by atoms with Gasteiger partial charge in [-0.2, -0.15) is 0 Å². The molecule has 0 radical (unpaired) electrons. The number of nitrogens with one attached hydrogen (secondary N) is 2. The van der Waals surface area contributed by atoms with Gasteiger partial charge in [0.25, 0.3) is 10.0 Å². The van der Waals surface area contributed by atoms with Crippen LogP contribution in [0.2, 0.25) is 0 Å². The maximum absolute atomic E-state index is 13.3. The molecule has 37 heavy (non-hydrogen) atoms. The maximum Gasteiger partial charge on any atom is 0.267 e. The molecule has 0 spiro atoms. The second kappa shape index (κ2) is 11.0. The fourth-order valence-corrected chi connectivity index (χ4v) is 4.89. The first-order valence-corrected chi connectivity index (χ1v) is 12.9. The highest BCUT2D eigenvalue weighted by atomic mass is 32.2. The molecule has 9 heteroatoms. The van der Waals surface area contributed by atoms with Crippen molar-refractivity contribution in [2.24, 2.45) is 0 Å². The summed E-state index contributed by atoms with van der Waals surface area (Å²) in [5.74, 6) is -0.511. The first kappa shape index (κ1) is 25.5. The van der Waals surface area contributed by atoms with Crippen molar-refractivity contribution in [1.29, 1.82) is 0 Å². The predicted molar refractivity (Wildman–Crippen MR) is 145 cm³/mol. The maximum atomic E-state index is 13.3. The monoisotopic (exact) mass is 514 g/mol. The summed E-state index contributed by atoms with van der Waals surface area (Å²) in [7, 11) is -3.86. The van der Waals surface area contributed by atoms with Crippen molar-refractivity contribution >= 4 is 39.3 Å². The minimum Gasteiger partial charge on any atom is -0.397 e. The Bertz CT molecular complexity index is 1590. The van der Waals surface area contributed by atoms with Crippen molar-refractivity contribution in [3.8, 4) is 11.1 Å². The molecule has 0 aliphatic rings. The fraction of sp³-hybridized carbons (Fsp3) is 0.0714. The number of carbonyl (C=O) groups is 2. The Labute approximate surface area is 215 Å². The summed E-state index contributed by atoms with van der Waals surface area (Å²) in [5.41, 5.74) is 9.80. The molecule has 0 saturated carbocycles. The van der Waals surface area contributed by atoms with Gasteiger partial charge in [0, 0.05) is 31.9 Å². The number of amides is 2. The Kier molecular flexibility index (Phi) is 7.55. The van der Waals surface area contributed by atoms with E-state index >= 15 is 0 Å². The van der Waals surface area contributed by atoms with Crippen LogP contribution in [0, 0.1) is 0 Å². The van der Waals surface area contributed by atoms with Crippen LogP contribution in [0.15, 0.2) is 102 Å². The van der Waals surface area contributed by atoms with Gasteiger partial charge in [-0.05, 0) is 64.7 Å². The second-order valence-electron chi connectivity index (χ2n) is 8.33. The largest absolute Gasteiger partial charge is 0.397 e. The molecular formula is C28H26N4O4S. The first-order chi connectivity index (χ1) is 17.7. The number of anilines is 2. The van der Waals surface area contributed by atoms with Crippen LogP contribution in [-0.4, -0.2) is 24.2 Å². The molecule has 0 atom stereocenters. The molecule has 0 unspecified atom stereocenters. The van der Waals surface area contributed by atoms with Crippen molar-refractivity contribution in [2.45, 2.75) is 18.4 Å². The summed E-state index contributed by atoms with van der Waals surface area (Å²) in [6, 6.07) is 22.7. The first-order valence-electron chi connectivity index (χ1n) is 11.4. The summed E-state index contributed by atoms with van der Waals surface area (Å²) in [5, 5.41) is 5.44. The van der Waals surface area contributed by atoms with E-state index in [1.54, 1.807) is 42.5 Å². The number of nitrogens with zero attached hydrogens (tertiary/aromatic N) is 1. The van der Waals surface area contributed by atoms with E-state index < -0.39 is 10.0 Å². The minimum atomic E-state index is -3.86. The third-order valence-corrected chi connectivity index (χ3v) is 7.18. The normalized spacial score (nSPS) is 11.4. The van der Waals surface area contributed by atoms with E-state index in [1.165, 1.54) is 37.5 Å². The van der Waals surface area contributed by atoms with Crippen molar-refractivity contribution in [2.75, 3.05) is 11.1 Å². The molecule has 0 fully saturated rings. The Morgan fingerprint density at radius 1 is 0.946 bits per heavy atom. The van der Waals surface area contributed by atoms with Crippen LogP contribution in [0.3, 0.4) is 0 Å². The average Bonchev–Trinajstić information content (AvgIpc) is 3.38. The molecule has 3 aromatic carbocycles. The molecule has 8 nitrogen and oxygen atoms in total. The Hall–Kier alpha value is -4.63. The van der Waals surface area contributed by atoms with Crippen molar-refractivity contribution < 1.29 is 18.0 Å². The molecular weight excluding hydrogens is 488 g/mol. The number of carbonyl (C=O) groups excluding carboxylic acids is 2. The number of hydrogen-bond donors (Lipinski definition) is 3. The van der Waals surface area contributed by atoms with Crippen LogP contribution in [0.1, 0.15) is 18.1 Å². The second-order valence-corrected chi connectivity index (χ2v) is 10.2. The van der Waals surface area contributed by atoms with E-state index in [1.807, 2.05) is 30.3 Å². The number of rotatable bonds is 8. The lowest BCUT2D eigenvalue weighted by atomic mass is 10.0. The lowest BCUT2D eigenvalue weighted by molar-refractivity contribution is -0.119. The number of hydrogen-bond acceptors (Lipinski definition) is 5. The third-order valence-electron chi connectivity index (χ3n) is 5.55. The number of nitrogens with two attached hydrogens (primary N) is 1. The van der Waals surface area contributed by atoms with Gasteiger partial charge in [-0.1, -0.05) is 42.5 Å². The zero-order chi connectivity index (χ0) is 26.4. The number of para-hydroxylation sites is 2. The van der Waals surface area contributed by atoms with Gasteiger partial charge in [0.05, 0.1) is 16.3 Å². The Morgan fingerprint density at radius 2 is 1.68 bits per heavy atom. The van der Waals surface area contributed by atoms with Gasteiger partial charge in [-0.3, -0.25) is 9.59 Å². The lowest BCUT2D eigenvalue weighted by Gasteiger charge is -2.10. The standard InChI is InChI=1S/C28H26N4O4S/c1-20(33)30-18-22-6-4-7-23(16-22)24-8-5-9-25(17-24)37(35,36)32-15-14-21(19-32)12-13-28(34)31-27-11-3-2-10-26(27)29/h2-17,19H,18,29H2,1H3,(H,30,33)(H,31,34). The molecule has 0 aliphatic carbocycles. The highest BCUT2D eigenvalue weighted by Gasteiger charge is 2.17. The molecule has 188 valence electrons. The van der Waals surface area contributed by atoms with E-state index in [0.717, 1.165) is 20.7 Å².